The number of hydrogen-bond acceptors (Lipinski definition) is 2. The largest absolute Gasteiger partial charge is 0.324 e. The van der Waals surface area contributed by atoms with Crippen LogP contribution in [0.2, 0.25) is 0 Å². The van der Waals surface area contributed by atoms with E-state index in [4.69, 9.17) is 5.73 Å². The SMILES string of the molecule is CCC1CCCCC1C(N)c1csc(Br)c1. The highest BCUT2D eigenvalue weighted by molar-refractivity contribution is 9.11. The molecule has 1 aromatic heterocycles. The first-order valence-electron chi connectivity index (χ1n) is 6.22. The van der Waals surface area contributed by atoms with E-state index in [1.54, 1.807) is 11.3 Å². The Balaban J connectivity index is 2.10. The second-order valence-corrected chi connectivity index (χ2v) is 7.12. The number of rotatable bonds is 3. The predicted molar refractivity (Wildman–Crippen MR) is 74.7 cm³/mol. The van der Waals surface area contributed by atoms with Crippen LogP contribution in [0.5, 0.6) is 0 Å². The molecule has 90 valence electrons. The van der Waals surface area contributed by atoms with Crippen molar-refractivity contribution in [3.8, 4) is 0 Å². The van der Waals surface area contributed by atoms with Crippen molar-refractivity contribution in [2.75, 3.05) is 0 Å². The fourth-order valence-corrected chi connectivity index (χ4v) is 4.18. The van der Waals surface area contributed by atoms with Crippen LogP contribution in [0.1, 0.15) is 50.6 Å². The molecule has 1 aromatic rings. The van der Waals surface area contributed by atoms with Gasteiger partial charge in [0.1, 0.15) is 0 Å². The summed E-state index contributed by atoms with van der Waals surface area (Å²) in [5.41, 5.74) is 7.76. The van der Waals surface area contributed by atoms with Crippen molar-refractivity contribution >= 4 is 27.3 Å². The highest BCUT2D eigenvalue weighted by Gasteiger charge is 2.29. The maximum Gasteiger partial charge on any atom is 0.0701 e. The van der Waals surface area contributed by atoms with Gasteiger partial charge in [-0.15, -0.1) is 11.3 Å². The van der Waals surface area contributed by atoms with Crippen molar-refractivity contribution in [1.29, 1.82) is 0 Å². The summed E-state index contributed by atoms with van der Waals surface area (Å²) in [6.45, 7) is 2.30. The lowest BCUT2D eigenvalue weighted by molar-refractivity contribution is 0.197. The van der Waals surface area contributed by atoms with Gasteiger partial charge < -0.3 is 5.73 Å². The average Bonchev–Trinajstić information content (AvgIpc) is 2.75. The maximum atomic E-state index is 6.43. The number of halogens is 1. The molecule has 0 aliphatic heterocycles. The lowest BCUT2D eigenvalue weighted by Gasteiger charge is -2.34. The standard InChI is InChI=1S/C13H20BrNS/c1-2-9-5-3-4-6-11(9)13(15)10-7-12(14)16-8-10/h7-9,11,13H,2-6,15H2,1H3. The minimum atomic E-state index is 0.243. The monoisotopic (exact) mass is 301 g/mol. The summed E-state index contributed by atoms with van der Waals surface area (Å²) in [4.78, 5) is 0. The number of thiophene rings is 1. The van der Waals surface area contributed by atoms with E-state index in [-0.39, 0.29) is 6.04 Å². The van der Waals surface area contributed by atoms with E-state index in [1.807, 2.05) is 0 Å². The molecule has 1 saturated carbocycles. The van der Waals surface area contributed by atoms with Crippen LogP contribution in [0, 0.1) is 11.8 Å². The zero-order chi connectivity index (χ0) is 11.5. The van der Waals surface area contributed by atoms with Gasteiger partial charge in [-0.1, -0.05) is 32.6 Å². The Morgan fingerprint density at radius 1 is 1.50 bits per heavy atom. The second-order valence-electron chi connectivity index (χ2n) is 4.83. The molecule has 3 atom stereocenters. The van der Waals surface area contributed by atoms with Crippen LogP contribution >= 0.6 is 27.3 Å². The molecule has 0 radical (unpaired) electrons. The first-order chi connectivity index (χ1) is 7.72. The second kappa shape index (κ2) is 5.65. The van der Waals surface area contributed by atoms with E-state index in [9.17, 15) is 0 Å². The Labute approximate surface area is 111 Å². The molecule has 1 nitrogen and oxygen atoms in total. The van der Waals surface area contributed by atoms with Crippen LogP contribution in [0.15, 0.2) is 15.2 Å². The molecule has 0 amide bonds. The van der Waals surface area contributed by atoms with Crippen molar-refractivity contribution in [1.82, 2.24) is 0 Å². The summed E-state index contributed by atoms with van der Waals surface area (Å²) >= 11 is 5.26. The van der Waals surface area contributed by atoms with Gasteiger partial charge in [0.25, 0.3) is 0 Å². The van der Waals surface area contributed by atoms with Crippen LogP contribution in [-0.2, 0) is 0 Å². The Kier molecular flexibility index (Phi) is 4.45. The average molecular weight is 302 g/mol. The van der Waals surface area contributed by atoms with Gasteiger partial charge in [0, 0.05) is 6.04 Å². The van der Waals surface area contributed by atoms with Gasteiger partial charge >= 0.3 is 0 Å². The molecular formula is C13H20BrNS. The van der Waals surface area contributed by atoms with E-state index in [1.165, 1.54) is 41.5 Å². The molecule has 2 rings (SSSR count). The predicted octanol–water partition coefficient (Wildman–Crippen LogP) is 4.73. The third-order valence-electron chi connectivity index (χ3n) is 3.93. The van der Waals surface area contributed by atoms with Gasteiger partial charge in [-0.3, -0.25) is 0 Å². The topological polar surface area (TPSA) is 26.0 Å². The van der Waals surface area contributed by atoms with Crippen molar-refractivity contribution in [3.05, 3.63) is 20.8 Å². The van der Waals surface area contributed by atoms with E-state index in [0.29, 0.717) is 5.92 Å². The normalized spacial score (nSPS) is 27.9. The molecule has 2 N–H and O–H groups in total. The molecule has 16 heavy (non-hydrogen) atoms. The van der Waals surface area contributed by atoms with E-state index in [2.05, 4.69) is 34.3 Å². The van der Waals surface area contributed by atoms with Gasteiger partial charge in [-0.2, -0.15) is 0 Å². The van der Waals surface area contributed by atoms with Gasteiger partial charge in [0.2, 0.25) is 0 Å². The molecule has 0 bridgehead atoms. The third kappa shape index (κ3) is 2.69. The Hall–Kier alpha value is 0.140. The molecule has 0 spiro atoms. The summed E-state index contributed by atoms with van der Waals surface area (Å²) in [7, 11) is 0. The Morgan fingerprint density at radius 3 is 2.88 bits per heavy atom. The lowest BCUT2D eigenvalue weighted by atomic mass is 9.73. The minimum Gasteiger partial charge on any atom is -0.324 e. The molecule has 3 unspecified atom stereocenters. The molecule has 1 aliphatic carbocycles. The van der Waals surface area contributed by atoms with Crippen molar-refractivity contribution < 1.29 is 0 Å². The summed E-state index contributed by atoms with van der Waals surface area (Å²) in [5, 5.41) is 2.20. The van der Waals surface area contributed by atoms with Crippen molar-refractivity contribution in [2.24, 2.45) is 17.6 Å². The zero-order valence-electron chi connectivity index (χ0n) is 9.79. The van der Waals surface area contributed by atoms with Gasteiger partial charge in [-0.05, 0) is 51.2 Å². The van der Waals surface area contributed by atoms with Crippen LogP contribution in [0.3, 0.4) is 0 Å². The maximum absolute atomic E-state index is 6.43. The van der Waals surface area contributed by atoms with E-state index >= 15 is 0 Å². The molecule has 3 heteroatoms. The number of nitrogens with two attached hydrogens (primary N) is 1. The van der Waals surface area contributed by atoms with Crippen LogP contribution in [-0.4, -0.2) is 0 Å². The first kappa shape index (κ1) is 12.6. The Morgan fingerprint density at radius 2 is 2.25 bits per heavy atom. The van der Waals surface area contributed by atoms with E-state index in [0.717, 1.165) is 5.92 Å². The zero-order valence-corrected chi connectivity index (χ0v) is 12.2. The summed E-state index contributed by atoms with van der Waals surface area (Å²) in [5.74, 6) is 1.53. The van der Waals surface area contributed by atoms with Crippen LogP contribution in [0.4, 0.5) is 0 Å². The molecule has 1 fully saturated rings. The minimum absolute atomic E-state index is 0.243. The van der Waals surface area contributed by atoms with Crippen molar-refractivity contribution in [3.63, 3.8) is 0 Å². The fraction of sp³-hybridized carbons (Fsp3) is 0.692. The van der Waals surface area contributed by atoms with Gasteiger partial charge in [0.15, 0.2) is 0 Å². The third-order valence-corrected chi connectivity index (χ3v) is 5.45. The first-order valence-corrected chi connectivity index (χ1v) is 7.89. The highest BCUT2D eigenvalue weighted by atomic mass is 79.9. The molecular weight excluding hydrogens is 282 g/mol. The summed E-state index contributed by atoms with van der Waals surface area (Å²) in [6, 6.07) is 2.43. The van der Waals surface area contributed by atoms with Gasteiger partial charge in [-0.25, -0.2) is 0 Å². The smallest absolute Gasteiger partial charge is 0.0701 e. The van der Waals surface area contributed by atoms with Crippen LogP contribution < -0.4 is 5.73 Å². The number of hydrogen-bond donors (Lipinski definition) is 1. The lowest BCUT2D eigenvalue weighted by Crippen LogP contribution is -2.30. The molecule has 1 aliphatic rings. The van der Waals surface area contributed by atoms with Gasteiger partial charge in [0.05, 0.1) is 3.79 Å². The summed E-state index contributed by atoms with van der Waals surface area (Å²) < 4.78 is 1.20. The summed E-state index contributed by atoms with van der Waals surface area (Å²) in [6.07, 6.45) is 6.73. The molecule has 0 aromatic carbocycles. The fourth-order valence-electron chi connectivity index (χ4n) is 2.96. The van der Waals surface area contributed by atoms with Crippen LogP contribution in [0.25, 0.3) is 0 Å². The quantitative estimate of drug-likeness (QED) is 0.858. The highest BCUT2D eigenvalue weighted by Crippen LogP contribution is 2.40. The van der Waals surface area contributed by atoms with E-state index < -0.39 is 0 Å². The molecule has 0 saturated heterocycles. The molecule has 1 heterocycles. The van der Waals surface area contributed by atoms with Crippen molar-refractivity contribution in [2.45, 2.75) is 45.1 Å². The Bertz CT molecular complexity index is 336.